The second kappa shape index (κ2) is 4.39. The van der Waals surface area contributed by atoms with Crippen LogP contribution >= 0.6 is 0 Å². The fourth-order valence-corrected chi connectivity index (χ4v) is 2.28. The van der Waals surface area contributed by atoms with E-state index in [1.807, 2.05) is 31.7 Å². The summed E-state index contributed by atoms with van der Waals surface area (Å²) in [5, 5.41) is 14.1. The quantitative estimate of drug-likeness (QED) is 0.853. The zero-order chi connectivity index (χ0) is 13.4. The van der Waals surface area contributed by atoms with E-state index in [1.54, 1.807) is 17.1 Å². The maximum atomic E-state index is 12.5. The zero-order valence-corrected chi connectivity index (χ0v) is 11.3. The molecule has 0 radical (unpaired) electrons. The average Bonchev–Trinajstić information content (AvgIpc) is 2.82. The van der Waals surface area contributed by atoms with Crippen molar-refractivity contribution in [2.45, 2.75) is 44.8 Å². The van der Waals surface area contributed by atoms with Crippen molar-refractivity contribution in [3.05, 3.63) is 18.5 Å². The highest BCUT2D eigenvalue weighted by molar-refractivity contribution is 5.83. The van der Waals surface area contributed by atoms with E-state index < -0.39 is 11.1 Å². The molecule has 0 saturated carbocycles. The number of carbonyl (C=O) groups is 1. The van der Waals surface area contributed by atoms with E-state index in [-0.39, 0.29) is 5.91 Å². The topological polar surface area (TPSA) is 58.4 Å². The molecule has 1 aliphatic heterocycles. The van der Waals surface area contributed by atoms with Crippen molar-refractivity contribution < 1.29 is 9.90 Å². The molecular formula is C13H21N3O2. The first-order valence-electron chi connectivity index (χ1n) is 6.35. The molecule has 1 N–H and O–H groups in total. The van der Waals surface area contributed by atoms with Crippen LogP contribution in [0.2, 0.25) is 0 Å². The number of nitrogens with zero attached hydrogens (tertiary/aromatic N) is 3. The smallest absolute Gasteiger partial charge is 0.249 e. The number of aliphatic hydroxyl groups is 1. The third-order valence-corrected chi connectivity index (χ3v) is 3.73. The van der Waals surface area contributed by atoms with E-state index in [0.29, 0.717) is 25.9 Å². The molecule has 5 heteroatoms. The molecule has 1 fully saturated rings. The van der Waals surface area contributed by atoms with Crippen LogP contribution in [0.5, 0.6) is 0 Å². The van der Waals surface area contributed by atoms with Gasteiger partial charge < -0.3 is 10.0 Å². The summed E-state index contributed by atoms with van der Waals surface area (Å²) in [7, 11) is 0. The predicted octanol–water partition coefficient (Wildman–Crippen LogP) is 0.992. The number of carbonyl (C=O) groups excluding carboxylic acids is 1. The number of hydrogen-bond donors (Lipinski definition) is 1. The van der Waals surface area contributed by atoms with Crippen molar-refractivity contribution in [2.75, 3.05) is 13.1 Å². The Bertz CT molecular complexity index is 413. The third kappa shape index (κ3) is 2.41. The van der Waals surface area contributed by atoms with Gasteiger partial charge in [-0.1, -0.05) is 0 Å². The Balaban J connectivity index is 2.08. The second-order valence-electron chi connectivity index (χ2n) is 5.80. The molecule has 2 rings (SSSR count). The van der Waals surface area contributed by atoms with Gasteiger partial charge in [-0.3, -0.25) is 9.48 Å². The molecule has 1 aromatic heterocycles. The van der Waals surface area contributed by atoms with Gasteiger partial charge in [-0.05, 0) is 39.7 Å². The standard InChI is InChI=1S/C13H21N3O2/c1-12(2,16-8-4-7-14-16)11(17)15-9-5-13(3,18)6-10-15/h4,7-8,18H,5-6,9-10H2,1-3H3. The number of aromatic nitrogens is 2. The summed E-state index contributed by atoms with van der Waals surface area (Å²) in [6, 6.07) is 1.82. The van der Waals surface area contributed by atoms with Crippen LogP contribution < -0.4 is 0 Å². The molecule has 100 valence electrons. The van der Waals surface area contributed by atoms with Crippen LogP contribution in [0.3, 0.4) is 0 Å². The van der Waals surface area contributed by atoms with Crippen LogP contribution in [-0.2, 0) is 10.3 Å². The fourth-order valence-electron chi connectivity index (χ4n) is 2.28. The summed E-state index contributed by atoms with van der Waals surface area (Å²) in [6.45, 7) is 6.78. The molecule has 1 saturated heterocycles. The van der Waals surface area contributed by atoms with Gasteiger partial charge >= 0.3 is 0 Å². The number of rotatable bonds is 2. The Morgan fingerprint density at radius 3 is 2.50 bits per heavy atom. The van der Waals surface area contributed by atoms with Gasteiger partial charge in [0, 0.05) is 25.5 Å². The lowest BCUT2D eigenvalue weighted by atomic mass is 9.92. The molecule has 1 amide bonds. The summed E-state index contributed by atoms with van der Waals surface area (Å²) in [5.41, 5.74) is -1.31. The van der Waals surface area contributed by atoms with Crippen molar-refractivity contribution in [2.24, 2.45) is 0 Å². The highest BCUT2D eigenvalue weighted by atomic mass is 16.3. The van der Waals surface area contributed by atoms with Crippen molar-refractivity contribution in [3.8, 4) is 0 Å². The van der Waals surface area contributed by atoms with Crippen LogP contribution in [-0.4, -0.2) is 44.4 Å². The number of hydrogen-bond acceptors (Lipinski definition) is 3. The van der Waals surface area contributed by atoms with E-state index in [2.05, 4.69) is 5.10 Å². The van der Waals surface area contributed by atoms with Gasteiger partial charge in [0.15, 0.2) is 0 Å². The first-order valence-corrected chi connectivity index (χ1v) is 6.35. The normalized spacial score (nSPS) is 19.9. The third-order valence-electron chi connectivity index (χ3n) is 3.73. The van der Waals surface area contributed by atoms with Gasteiger partial charge in [0.2, 0.25) is 5.91 Å². The predicted molar refractivity (Wildman–Crippen MR) is 68.0 cm³/mol. The second-order valence-corrected chi connectivity index (χ2v) is 5.80. The molecular weight excluding hydrogens is 230 g/mol. The van der Waals surface area contributed by atoms with Crippen LogP contribution in [0.4, 0.5) is 0 Å². The van der Waals surface area contributed by atoms with Crippen LogP contribution in [0, 0.1) is 0 Å². The highest BCUT2D eigenvalue weighted by Crippen LogP contribution is 2.25. The molecule has 0 spiro atoms. The molecule has 5 nitrogen and oxygen atoms in total. The average molecular weight is 251 g/mol. The largest absolute Gasteiger partial charge is 0.390 e. The summed E-state index contributed by atoms with van der Waals surface area (Å²) in [5.74, 6) is 0.0571. The minimum Gasteiger partial charge on any atom is -0.390 e. The first kappa shape index (κ1) is 13.1. The molecule has 0 aromatic carbocycles. The minimum atomic E-state index is -0.674. The number of piperidine rings is 1. The Morgan fingerprint density at radius 2 is 2.00 bits per heavy atom. The maximum absolute atomic E-state index is 12.5. The van der Waals surface area contributed by atoms with Crippen molar-refractivity contribution >= 4 is 5.91 Å². The molecule has 1 aliphatic rings. The lowest BCUT2D eigenvalue weighted by Gasteiger charge is -2.39. The van der Waals surface area contributed by atoms with E-state index in [9.17, 15) is 9.90 Å². The van der Waals surface area contributed by atoms with E-state index in [0.717, 1.165) is 0 Å². The fraction of sp³-hybridized carbons (Fsp3) is 0.692. The summed E-state index contributed by atoms with van der Waals surface area (Å²) in [6.07, 6.45) is 4.75. The lowest BCUT2D eigenvalue weighted by molar-refractivity contribution is -0.143. The zero-order valence-electron chi connectivity index (χ0n) is 11.3. The summed E-state index contributed by atoms with van der Waals surface area (Å²) < 4.78 is 1.68. The maximum Gasteiger partial charge on any atom is 0.249 e. The minimum absolute atomic E-state index is 0.0571. The van der Waals surface area contributed by atoms with E-state index in [4.69, 9.17) is 0 Å². The Hall–Kier alpha value is -1.36. The van der Waals surface area contributed by atoms with Gasteiger partial charge in [-0.15, -0.1) is 0 Å². The van der Waals surface area contributed by atoms with Crippen LogP contribution in [0.1, 0.15) is 33.6 Å². The van der Waals surface area contributed by atoms with Gasteiger partial charge in [-0.2, -0.15) is 5.10 Å². The van der Waals surface area contributed by atoms with Crippen molar-refractivity contribution in [3.63, 3.8) is 0 Å². The Morgan fingerprint density at radius 1 is 1.39 bits per heavy atom. The van der Waals surface area contributed by atoms with Crippen molar-refractivity contribution in [1.29, 1.82) is 0 Å². The molecule has 0 bridgehead atoms. The molecule has 0 aliphatic carbocycles. The van der Waals surface area contributed by atoms with E-state index >= 15 is 0 Å². The van der Waals surface area contributed by atoms with Gasteiger partial charge in [-0.25, -0.2) is 0 Å². The molecule has 1 aromatic rings. The van der Waals surface area contributed by atoms with Crippen LogP contribution in [0.25, 0.3) is 0 Å². The lowest BCUT2D eigenvalue weighted by Crippen LogP contribution is -2.52. The highest BCUT2D eigenvalue weighted by Gasteiger charge is 2.37. The van der Waals surface area contributed by atoms with Crippen LogP contribution in [0.15, 0.2) is 18.5 Å². The van der Waals surface area contributed by atoms with Gasteiger partial charge in [0.1, 0.15) is 5.54 Å². The Labute approximate surface area is 107 Å². The number of amides is 1. The van der Waals surface area contributed by atoms with Gasteiger partial charge in [0.05, 0.1) is 5.60 Å². The van der Waals surface area contributed by atoms with E-state index in [1.165, 1.54) is 0 Å². The molecule has 2 heterocycles. The number of likely N-dealkylation sites (tertiary alicyclic amines) is 1. The monoisotopic (exact) mass is 251 g/mol. The molecule has 0 atom stereocenters. The Kier molecular flexibility index (Phi) is 3.19. The summed E-state index contributed by atoms with van der Waals surface area (Å²) >= 11 is 0. The molecule has 0 unspecified atom stereocenters. The SMILES string of the molecule is CC1(O)CCN(C(=O)C(C)(C)n2cccn2)CC1. The molecule has 18 heavy (non-hydrogen) atoms. The van der Waals surface area contributed by atoms with Crippen molar-refractivity contribution in [1.82, 2.24) is 14.7 Å². The van der Waals surface area contributed by atoms with Gasteiger partial charge in [0.25, 0.3) is 0 Å². The summed E-state index contributed by atoms with van der Waals surface area (Å²) in [4.78, 5) is 14.3. The first-order chi connectivity index (χ1) is 8.33.